The fourth-order valence-corrected chi connectivity index (χ4v) is 1.65. The number of benzene rings is 1. The summed E-state index contributed by atoms with van der Waals surface area (Å²) in [6, 6.07) is 2.27. The van der Waals surface area contributed by atoms with E-state index >= 15 is 0 Å². The summed E-state index contributed by atoms with van der Waals surface area (Å²) in [7, 11) is 1.53. The van der Waals surface area contributed by atoms with Gasteiger partial charge >= 0.3 is 0 Å². The zero-order chi connectivity index (χ0) is 13.5. The summed E-state index contributed by atoms with van der Waals surface area (Å²) >= 11 is 2.91. The second-order valence-corrected chi connectivity index (χ2v) is 4.35. The Hall–Kier alpha value is -0.850. The Kier molecular flexibility index (Phi) is 6.38. The van der Waals surface area contributed by atoms with Crippen LogP contribution in [0.5, 0.6) is 0 Å². The number of rotatable bonds is 7. The minimum Gasteiger partial charge on any atom is -0.382 e. The molecule has 0 fully saturated rings. The molecule has 0 saturated heterocycles. The molecule has 0 atom stereocenters. The molecule has 1 aromatic rings. The number of methoxy groups -OCH3 is 1. The number of Topliss-reactive ketones (excluding diaryl/α,β-unsaturated/α-hetero) is 1. The molecule has 0 amide bonds. The zero-order valence-corrected chi connectivity index (χ0v) is 11.4. The minimum atomic E-state index is -0.878. The predicted octanol–water partition coefficient (Wildman–Crippen LogP) is 2.96. The van der Waals surface area contributed by atoms with E-state index in [9.17, 15) is 13.6 Å². The van der Waals surface area contributed by atoms with Crippen LogP contribution in [-0.2, 0) is 9.47 Å². The Morgan fingerprint density at radius 2 is 2.00 bits per heavy atom. The molecular formula is C12H13BrF2O3. The smallest absolute Gasteiger partial charge is 0.171 e. The number of ether oxygens (including phenoxy) is 2. The quantitative estimate of drug-likeness (QED) is 0.440. The van der Waals surface area contributed by atoms with Crippen LogP contribution in [0.3, 0.4) is 0 Å². The molecule has 0 spiro atoms. The maximum atomic E-state index is 13.6. The van der Waals surface area contributed by atoms with Gasteiger partial charge in [-0.15, -0.1) is 0 Å². The third kappa shape index (κ3) is 4.12. The molecule has 100 valence electrons. The van der Waals surface area contributed by atoms with Crippen molar-refractivity contribution < 1.29 is 23.0 Å². The normalized spacial score (nSPS) is 10.7. The highest BCUT2D eigenvalue weighted by Gasteiger charge is 2.19. The van der Waals surface area contributed by atoms with Gasteiger partial charge in [0.1, 0.15) is 5.82 Å². The van der Waals surface area contributed by atoms with Crippen molar-refractivity contribution >= 4 is 21.7 Å². The topological polar surface area (TPSA) is 35.5 Å². The van der Waals surface area contributed by atoms with Crippen LogP contribution in [0.4, 0.5) is 8.78 Å². The summed E-state index contributed by atoms with van der Waals surface area (Å²) in [6.07, 6.45) is -0.0754. The molecule has 0 heterocycles. The summed E-state index contributed by atoms with van der Waals surface area (Å²) in [5.74, 6) is -2.36. The number of halogens is 3. The van der Waals surface area contributed by atoms with Gasteiger partial charge in [0.05, 0.1) is 29.9 Å². The number of hydrogen-bond donors (Lipinski definition) is 0. The van der Waals surface area contributed by atoms with E-state index in [-0.39, 0.29) is 17.5 Å². The Labute approximate surface area is 112 Å². The van der Waals surface area contributed by atoms with Crippen molar-refractivity contribution in [2.75, 3.05) is 26.9 Å². The molecule has 0 aliphatic heterocycles. The molecule has 3 nitrogen and oxygen atoms in total. The van der Waals surface area contributed by atoms with Gasteiger partial charge in [-0.05, 0) is 28.1 Å². The second kappa shape index (κ2) is 7.56. The Bertz CT molecular complexity index is 424. The average Bonchev–Trinajstić information content (AvgIpc) is 2.34. The Morgan fingerprint density at radius 3 is 2.67 bits per heavy atom. The first-order valence-corrected chi connectivity index (χ1v) is 6.10. The molecule has 0 aliphatic rings. The van der Waals surface area contributed by atoms with Crippen LogP contribution in [-0.4, -0.2) is 32.7 Å². The number of carbonyl (C=O) groups excluding carboxylic acids is 1. The summed E-state index contributed by atoms with van der Waals surface area (Å²) < 4.78 is 36.8. The molecule has 0 bridgehead atoms. The molecule has 1 aromatic carbocycles. The van der Waals surface area contributed by atoms with Gasteiger partial charge in [0.15, 0.2) is 11.6 Å². The molecule has 1 rings (SSSR count). The lowest BCUT2D eigenvalue weighted by Crippen LogP contribution is -2.11. The summed E-state index contributed by atoms with van der Waals surface area (Å²) in [6.45, 7) is 0.856. The molecule has 6 heteroatoms. The highest BCUT2D eigenvalue weighted by Crippen LogP contribution is 2.22. The summed E-state index contributed by atoms with van der Waals surface area (Å²) in [5.41, 5.74) is -0.528. The fourth-order valence-electron chi connectivity index (χ4n) is 1.32. The van der Waals surface area contributed by atoms with Gasteiger partial charge < -0.3 is 9.47 Å². The maximum absolute atomic E-state index is 13.6. The van der Waals surface area contributed by atoms with E-state index in [0.717, 1.165) is 6.07 Å². The van der Waals surface area contributed by atoms with Crippen molar-refractivity contribution in [3.05, 3.63) is 33.8 Å². The van der Waals surface area contributed by atoms with Crippen LogP contribution >= 0.6 is 15.9 Å². The van der Waals surface area contributed by atoms with E-state index in [4.69, 9.17) is 9.47 Å². The van der Waals surface area contributed by atoms with Crippen molar-refractivity contribution in [2.45, 2.75) is 6.42 Å². The lowest BCUT2D eigenvalue weighted by Gasteiger charge is -2.06. The third-order valence-corrected chi connectivity index (χ3v) is 2.84. The Balaban J connectivity index is 2.59. The van der Waals surface area contributed by atoms with Crippen LogP contribution in [0.2, 0.25) is 0 Å². The minimum absolute atomic E-state index is 0.0625. The van der Waals surface area contributed by atoms with E-state index in [1.165, 1.54) is 13.2 Å². The molecule has 0 N–H and O–H groups in total. The van der Waals surface area contributed by atoms with Crippen LogP contribution in [0.1, 0.15) is 16.8 Å². The van der Waals surface area contributed by atoms with Crippen LogP contribution < -0.4 is 0 Å². The van der Waals surface area contributed by atoms with E-state index in [0.29, 0.717) is 13.2 Å². The molecule has 0 saturated carbocycles. The van der Waals surface area contributed by atoms with Crippen LogP contribution in [0.25, 0.3) is 0 Å². The zero-order valence-electron chi connectivity index (χ0n) is 9.84. The SMILES string of the molecule is COCCOCCC(=O)c1c(F)ccc(Br)c1F. The van der Waals surface area contributed by atoms with E-state index < -0.39 is 23.0 Å². The lowest BCUT2D eigenvalue weighted by molar-refractivity contribution is 0.0638. The van der Waals surface area contributed by atoms with Gasteiger partial charge in [0.2, 0.25) is 0 Å². The van der Waals surface area contributed by atoms with Crippen molar-refractivity contribution in [2.24, 2.45) is 0 Å². The average molecular weight is 323 g/mol. The van der Waals surface area contributed by atoms with Gasteiger partial charge in [-0.2, -0.15) is 0 Å². The molecule has 0 aromatic heterocycles. The molecular weight excluding hydrogens is 310 g/mol. The first-order chi connectivity index (χ1) is 8.57. The molecule has 0 aliphatic carbocycles. The number of ketones is 1. The Morgan fingerprint density at radius 1 is 1.28 bits per heavy atom. The van der Waals surface area contributed by atoms with Gasteiger partial charge in [0.25, 0.3) is 0 Å². The van der Waals surface area contributed by atoms with E-state index in [2.05, 4.69) is 15.9 Å². The van der Waals surface area contributed by atoms with Gasteiger partial charge in [-0.1, -0.05) is 0 Å². The van der Waals surface area contributed by atoms with Gasteiger partial charge in [0, 0.05) is 13.5 Å². The predicted molar refractivity (Wildman–Crippen MR) is 65.7 cm³/mol. The largest absolute Gasteiger partial charge is 0.382 e. The highest BCUT2D eigenvalue weighted by atomic mass is 79.9. The van der Waals surface area contributed by atoms with Crippen LogP contribution in [0.15, 0.2) is 16.6 Å². The molecule has 0 unspecified atom stereocenters. The first-order valence-electron chi connectivity index (χ1n) is 5.31. The number of hydrogen-bond acceptors (Lipinski definition) is 3. The summed E-state index contributed by atoms with van der Waals surface area (Å²) in [5, 5.41) is 0. The molecule has 0 radical (unpaired) electrons. The number of carbonyl (C=O) groups is 1. The lowest BCUT2D eigenvalue weighted by atomic mass is 10.1. The van der Waals surface area contributed by atoms with Gasteiger partial charge in [-0.3, -0.25) is 4.79 Å². The third-order valence-electron chi connectivity index (χ3n) is 2.23. The fraction of sp³-hybridized carbons (Fsp3) is 0.417. The van der Waals surface area contributed by atoms with Gasteiger partial charge in [-0.25, -0.2) is 8.78 Å². The summed E-state index contributed by atoms with van der Waals surface area (Å²) in [4.78, 5) is 11.7. The van der Waals surface area contributed by atoms with Crippen molar-refractivity contribution in [1.29, 1.82) is 0 Å². The van der Waals surface area contributed by atoms with Crippen LogP contribution in [0, 0.1) is 11.6 Å². The van der Waals surface area contributed by atoms with Crippen molar-refractivity contribution in [1.82, 2.24) is 0 Å². The first kappa shape index (κ1) is 15.2. The maximum Gasteiger partial charge on any atom is 0.171 e. The van der Waals surface area contributed by atoms with E-state index in [1.54, 1.807) is 0 Å². The standard InChI is InChI=1S/C12H13BrF2O3/c1-17-6-7-18-5-4-10(16)11-9(14)3-2-8(13)12(11)15/h2-3H,4-7H2,1H3. The van der Waals surface area contributed by atoms with E-state index in [1.807, 2.05) is 0 Å². The highest BCUT2D eigenvalue weighted by molar-refractivity contribution is 9.10. The monoisotopic (exact) mass is 322 g/mol. The van der Waals surface area contributed by atoms with Crippen molar-refractivity contribution in [3.8, 4) is 0 Å². The molecule has 18 heavy (non-hydrogen) atoms. The second-order valence-electron chi connectivity index (χ2n) is 3.50. The van der Waals surface area contributed by atoms with Crippen molar-refractivity contribution in [3.63, 3.8) is 0 Å².